The van der Waals surface area contributed by atoms with Gasteiger partial charge in [-0.25, -0.2) is 5.01 Å². The lowest BCUT2D eigenvalue weighted by molar-refractivity contribution is -0.127. The maximum Gasteiger partial charge on any atom is 0.221 e. The van der Waals surface area contributed by atoms with Gasteiger partial charge in [-0.2, -0.15) is 0 Å². The van der Waals surface area contributed by atoms with E-state index in [1.54, 1.807) is 0 Å². The Kier molecular flexibility index (Phi) is 2.84. The molecule has 0 aromatic carbocycles. The maximum atomic E-state index is 9.94. The van der Waals surface area contributed by atoms with Crippen molar-refractivity contribution in [2.75, 3.05) is 13.1 Å². The van der Waals surface area contributed by atoms with Crippen molar-refractivity contribution < 1.29 is 9.53 Å². The minimum Gasteiger partial charge on any atom is -0.373 e. The third-order valence-electron chi connectivity index (χ3n) is 1.55. The van der Waals surface area contributed by atoms with Crippen molar-refractivity contribution in [1.29, 1.82) is 0 Å². The van der Waals surface area contributed by atoms with Crippen LogP contribution in [0.3, 0.4) is 0 Å². The SMILES string of the molecule is CC(C)OC1CN(NC=O)C1. The van der Waals surface area contributed by atoms with E-state index in [1.807, 2.05) is 18.9 Å². The predicted molar refractivity (Wildman–Crippen MR) is 40.8 cm³/mol. The van der Waals surface area contributed by atoms with Crippen LogP contribution in [0.2, 0.25) is 0 Å². The molecule has 1 aliphatic rings. The van der Waals surface area contributed by atoms with Gasteiger partial charge in [-0.15, -0.1) is 0 Å². The molecule has 4 nitrogen and oxygen atoms in total. The average Bonchev–Trinajstić information content (AvgIpc) is 1.82. The Hall–Kier alpha value is -0.610. The number of hydrogen-bond acceptors (Lipinski definition) is 3. The van der Waals surface area contributed by atoms with Gasteiger partial charge in [0.2, 0.25) is 6.41 Å². The highest BCUT2D eigenvalue weighted by atomic mass is 16.5. The molecule has 0 bridgehead atoms. The standard InChI is InChI=1S/C7H14N2O2/c1-6(2)11-7-3-9(4-7)8-5-10/h5-7H,3-4H2,1-2H3,(H,8,10). The van der Waals surface area contributed by atoms with E-state index in [2.05, 4.69) is 5.43 Å². The fourth-order valence-corrected chi connectivity index (χ4v) is 1.09. The van der Waals surface area contributed by atoms with Crippen LogP contribution in [0.1, 0.15) is 13.8 Å². The van der Waals surface area contributed by atoms with Gasteiger partial charge in [-0.1, -0.05) is 0 Å². The highest BCUT2D eigenvalue weighted by Crippen LogP contribution is 2.09. The Bertz CT molecular complexity index is 132. The van der Waals surface area contributed by atoms with Gasteiger partial charge >= 0.3 is 0 Å². The van der Waals surface area contributed by atoms with E-state index in [1.165, 1.54) is 0 Å². The molecule has 0 radical (unpaired) electrons. The van der Waals surface area contributed by atoms with Crippen molar-refractivity contribution in [1.82, 2.24) is 10.4 Å². The lowest BCUT2D eigenvalue weighted by Gasteiger charge is -2.38. The van der Waals surface area contributed by atoms with Gasteiger partial charge in [-0.3, -0.25) is 10.2 Å². The largest absolute Gasteiger partial charge is 0.373 e. The zero-order chi connectivity index (χ0) is 8.27. The Morgan fingerprint density at radius 2 is 2.27 bits per heavy atom. The van der Waals surface area contributed by atoms with Gasteiger partial charge in [0.05, 0.1) is 12.2 Å². The molecule has 64 valence electrons. The van der Waals surface area contributed by atoms with Crippen molar-refractivity contribution in [3.63, 3.8) is 0 Å². The summed E-state index contributed by atoms with van der Waals surface area (Å²) < 4.78 is 5.47. The Labute approximate surface area is 66.5 Å². The number of nitrogens with one attached hydrogen (secondary N) is 1. The Balaban J connectivity index is 2.04. The maximum absolute atomic E-state index is 9.94. The third kappa shape index (κ3) is 2.48. The molecule has 1 rings (SSSR count). The fourth-order valence-electron chi connectivity index (χ4n) is 1.09. The molecule has 1 N–H and O–H groups in total. The van der Waals surface area contributed by atoms with Gasteiger partial charge in [-0.05, 0) is 13.8 Å². The summed E-state index contributed by atoms with van der Waals surface area (Å²) in [7, 11) is 0. The monoisotopic (exact) mass is 158 g/mol. The molecule has 1 saturated heterocycles. The molecule has 0 saturated carbocycles. The van der Waals surface area contributed by atoms with E-state index in [-0.39, 0.29) is 6.10 Å². The van der Waals surface area contributed by atoms with Crippen LogP contribution in [0.4, 0.5) is 0 Å². The molecule has 4 heteroatoms. The summed E-state index contributed by atoms with van der Waals surface area (Å²) in [6.07, 6.45) is 1.26. The lowest BCUT2D eigenvalue weighted by Crippen LogP contribution is -2.58. The molecular weight excluding hydrogens is 144 g/mol. The molecule has 0 aliphatic carbocycles. The van der Waals surface area contributed by atoms with E-state index in [0.717, 1.165) is 13.1 Å². The molecular formula is C7H14N2O2. The number of carbonyl (C=O) groups is 1. The summed E-state index contributed by atoms with van der Waals surface area (Å²) in [6.45, 7) is 5.62. The molecule has 0 atom stereocenters. The van der Waals surface area contributed by atoms with Crippen molar-refractivity contribution >= 4 is 6.41 Å². The first-order valence-corrected chi connectivity index (χ1v) is 3.82. The second-order valence-corrected chi connectivity index (χ2v) is 2.96. The van der Waals surface area contributed by atoms with Crippen LogP contribution in [0.25, 0.3) is 0 Å². The summed E-state index contributed by atoms with van der Waals surface area (Å²) >= 11 is 0. The zero-order valence-corrected chi connectivity index (χ0v) is 6.91. The van der Waals surface area contributed by atoms with Crippen LogP contribution in [0.15, 0.2) is 0 Å². The highest BCUT2D eigenvalue weighted by Gasteiger charge is 2.27. The molecule has 1 heterocycles. The Morgan fingerprint density at radius 1 is 1.64 bits per heavy atom. The van der Waals surface area contributed by atoms with Crippen LogP contribution < -0.4 is 5.43 Å². The number of amides is 1. The average molecular weight is 158 g/mol. The normalized spacial score (nSPS) is 19.9. The molecule has 1 amide bonds. The predicted octanol–water partition coefficient (Wildman–Crippen LogP) is -0.243. The molecule has 0 unspecified atom stereocenters. The molecule has 11 heavy (non-hydrogen) atoms. The highest BCUT2D eigenvalue weighted by molar-refractivity contribution is 5.45. The summed E-state index contributed by atoms with van der Waals surface area (Å²) in [5.74, 6) is 0. The van der Waals surface area contributed by atoms with Crippen molar-refractivity contribution in [2.45, 2.75) is 26.1 Å². The first-order valence-electron chi connectivity index (χ1n) is 3.82. The number of ether oxygens (including phenoxy) is 1. The molecule has 0 aromatic heterocycles. The summed E-state index contributed by atoms with van der Waals surface area (Å²) in [5, 5.41) is 1.82. The van der Waals surface area contributed by atoms with E-state index in [9.17, 15) is 4.79 Å². The zero-order valence-electron chi connectivity index (χ0n) is 6.91. The Morgan fingerprint density at radius 3 is 2.73 bits per heavy atom. The van der Waals surface area contributed by atoms with Crippen molar-refractivity contribution in [3.05, 3.63) is 0 Å². The fraction of sp³-hybridized carbons (Fsp3) is 0.857. The quantitative estimate of drug-likeness (QED) is 0.574. The minimum atomic E-state index is 0.276. The number of rotatable bonds is 4. The second kappa shape index (κ2) is 3.69. The molecule has 1 aliphatic heterocycles. The van der Waals surface area contributed by atoms with Gasteiger partial charge in [0.1, 0.15) is 0 Å². The first kappa shape index (κ1) is 8.49. The summed E-state index contributed by atoms with van der Waals surface area (Å²) in [5.41, 5.74) is 2.56. The van der Waals surface area contributed by atoms with Gasteiger partial charge < -0.3 is 4.74 Å². The van der Waals surface area contributed by atoms with E-state index in [0.29, 0.717) is 12.5 Å². The van der Waals surface area contributed by atoms with Gasteiger partial charge in [0, 0.05) is 13.1 Å². The molecule has 1 fully saturated rings. The van der Waals surface area contributed by atoms with Gasteiger partial charge in [0.25, 0.3) is 0 Å². The van der Waals surface area contributed by atoms with E-state index >= 15 is 0 Å². The van der Waals surface area contributed by atoms with Crippen LogP contribution >= 0.6 is 0 Å². The molecule has 0 spiro atoms. The van der Waals surface area contributed by atoms with Gasteiger partial charge in [0.15, 0.2) is 0 Å². The third-order valence-corrected chi connectivity index (χ3v) is 1.55. The second-order valence-electron chi connectivity index (χ2n) is 2.96. The molecule has 0 aromatic rings. The lowest BCUT2D eigenvalue weighted by atomic mass is 10.2. The number of carbonyl (C=O) groups excluding carboxylic acids is 1. The first-order chi connectivity index (χ1) is 5.22. The summed E-state index contributed by atoms with van der Waals surface area (Å²) in [4.78, 5) is 9.94. The van der Waals surface area contributed by atoms with Crippen LogP contribution in [0, 0.1) is 0 Å². The van der Waals surface area contributed by atoms with Crippen molar-refractivity contribution in [3.8, 4) is 0 Å². The number of hydrogen-bond donors (Lipinski definition) is 1. The van der Waals surface area contributed by atoms with Crippen molar-refractivity contribution in [2.24, 2.45) is 0 Å². The van der Waals surface area contributed by atoms with Crippen LogP contribution in [-0.2, 0) is 9.53 Å². The van der Waals surface area contributed by atoms with E-state index in [4.69, 9.17) is 4.74 Å². The smallest absolute Gasteiger partial charge is 0.221 e. The summed E-state index contributed by atoms with van der Waals surface area (Å²) in [6, 6.07) is 0. The number of nitrogens with zero attached hydrogens (tertiary/aromatic N) is 1. The minimum absolute atomic E-state index is 0.276. The van der Waals surface area contributed by atoms with Crippen LogP contribution in [0.5, 0.6) is 0 Å². The topological polar surface area (TPSA) is 41.6 Å². The van der Waals surface area contributed by atoms with Crippen LogP contribution in [-0.4, -0.2) is 36.7 Å². The number of hydrazine groups is 1. The van der Waals surface area contributed by atoms with E-state index < -0.39 is 0 Å².